The SMILES string of the molecule is CNC(O)c1cccc2c(NC(C)c3cccc(NC(=O)C4C=CC(F)(F)C4)c3)ncnc12. The Morgan fingerprint density at radius 3 is 2.73 bits per heavy atom. The van der Waals surface area contributed by atoms with Crippen LogP contribution in [0, 0.1) is 5.92 Å². The summed E-state index contributed by atoms with van der Waals surface area (Å²) in [4.78, 5) is 21.1. The second-order valence-corrected chi connectivity index (χ2v) is 8.07. The summed E-state index contributed by atoms with van der Waals surface area (Å²) in [7, 11) is 1.66. The van der Waals surface area contributed by atoms with Crippen molar-refractivity contribution >= 4 is 28.3 Å². The topological polar surface area (TPSA) is 99.2 Å². The normalized spacial score (nSPS) is 18.8. The number of amides is 1. The predicted molar refractivity (Wildman–Crippen MR) is 123 cm³/mol. The summed E-state index contributed by atoms with van der Waals surface area (Å²) in [6.07, 6.45) is 2.10. The number of anilines is 2. The Balaban J connectivity index is 1.52. The van der Waals surface area contributed by atoms with Crippen LogP contribution >= 0.6 is 0 Å². The van der Waals surface area contributed by atoms with E-state index >= 15 is 0 Å². The van der Waals surface area contributed by atoms with Gasteiger partial charge in [0.25, 0.3) is 5.92 Å². The van der Waals surface area contributed by atoms with E-state index in [-0.39, 0.29) is 6.04 Å². The van der Waals surface area contributed by atoms with Crippen LogP contribution in [0.5, 0.6) is 0 Å². The van der Waals surface area contributed by atoms with Crippen LogP contribution in [0.3, 0.4) is 0 Å². The number of para-hydroxylation sites is 1. The monoisotopic (exact) mass is 453 g/mol. The lowest BCUT2D eigenvalue weighted by atomic mass is 10.1. The summed E-state index contributed by atoms with van der Waals surface area (Å²) < 4.78 is 26.7. The van der Waals surface area contributed by atoms with Gasteiger partial charge in [-0.2, -0.15) is 0 Å². The Hall–Kier alpha value is -3.43. The van der Waals surface area contributed by atoms with Gasteiger partial charge in [-0.3, -0.25) is 10.1 Å². The molecule has 1 heterocycles. The zero-order valence-electron chi connectivity index (χ0n) is 18.2. The molecule has 1 aromatic heterocycles. The van der Waals surface area contributed by atoms with Crippen molar-refractivity contribution in [3.63, 3.8) is 0 Å². The van der Waals surface area contributed by atoms with Crippen molar-refractivity contribution in [3.8, 4) is 0 Å². The molecular weight excluding hydrogens is 428 g/mol. The summed E-state index contributed by atoms with van der Waals surface area (Å²) in [6.45, 7) is 1.95. The van der Waals surface area contributed by atoms with E-state index in [2.05, 4.69) is 25.9 Å². The van der Waals surface area contributed by atoms with Crippen molar-refractivity contribution < 1.29 is 18.7 Å². The molecule has 0 fully saturated rings. The fourth-order valence-corrected chi connectivity index (χ4v) is 3.88. The van der Waals surface area contributed by atoms with Crippen molar-refractivity contribution in [2.45, 2.75) is 31.5 Å². The molecule has 0 aliphatic heterocycles. The quantitative estimate of drug-likeness (QED) is 0.317. The summed E-state index contributed by atoms with van der Waals surface area (Å²) in [6, 6.07) is 12.5. The number of nitrogens with zero attached hydrogens (tertiary/aromatic N) is 2. The van der Waals surface area contributed by atoms with Crippen molar-refractivity contribution in [2.24, 2.45) is 5.92 Å². The molecule has 33 heavy (non-hydrogen) atoms. The van der Waals surface area contributed by atoms with Crippen LogP contribution in [0.25, 0.3) is 10.9 Å². The number of aromatic nitrogens is 2. The van der Waals surface area contributed by atoms with Gasteiger partial charge in [-0.25, -0.2) is 18.7 Å². The third-order valence-corrected chi connectivity index (χ3v) is 5.67. The summed E-state index contributed by atoms with van der Waals surface area (Å²) in [5.74, 6) is -3.65. The maximum Gasteiger partial charge on any atom is 0.267 e. The first kappa shape index (κ1) is 22.8. The number of carbonyl (C=O) groups is 1. The van der Waals surface area contributed by atoms with Gasteiger partial charge in [-0.05, 0) is 43.8 Å². The smallest absolute Gasteiger partial charge is 0.267 e. The maximum absolute atomic E-state index is 13.4. The van der Waals surface area contributed by atoms with E-state index in [0.717, 1.165) is 17.0 Å². The highest BCUT2D eigenvalue weighted by atomic mass is 19.3. The van der Waals surface area contributed by atoms with E-state index in [1.165, 1.54) is 12.4 Å². The van der Waals surface area contributed by atoms with E-state index in [0.29, 0.717) is 22.6 Å². The maximum atomic E-state index is 13.4. The fourth-order valence-electron chi connectivity index (χ4n) is 3.88. The van der Waals surface area contributed by atoms with Crippen LogP contribution in [0.15, 0.2) is 60.9 Å². The Morgan fingerprint density at radius 2 is 2.00 bits per heavy atom. The molecule has 0 saturated heterocycles. The minimum atomic E-state index is -2.94. The lowest BCUT2D eigenvalue weighted by Gasteiger charge is -2.19. The standard InChI is InChI=1S/C24H25F2N5O2/c1-14(30-21-18-7-4-8-19(23(33)27-2)20(18)28-13-29-21)15-5-3-6-17(11-15)31-22(32)16-9-10-24(25,26)12-16/h3-11,13-14,16,23,27,33H,12H2,1-2H3,(H,31,32)(H,28,29,30). The third-order valence-electron chi connectivity index (χ3n) is 5.67. The number of aliphatic hydroxyl groups is 1. The number of nitrogens with one attached hydrogen (secondary N) is 3. The zero-order chi connectivity index (χ0) is 23.6. The van der Waals surface area contributed by atoms with Crippen LogP contribution in [-0.2, 0) is 4.79 Å². The first-order chi connectivity index (χ1) is 15.8. The number of alkyl halides is 2. The van der Waals surface area contributed by atoms with Crippen molar-refractivity contribution in [2.75, 3.05) is 17.7 Å². The van der Waals surface area contributed by atoms with Crippen LogP contribution in [-0.4, -0.2) is 34.0 Å². The molecule has 0 bridgehead atoms. The molecule has 3 atom stereocenters. The van der Waals surface area contributed by atoms with Crippen LogP contribution < -0.4 is 16.0 Å². The molecule has 0 radical (unpaired) electrons. The fraction of sp³-hybridized carbons (Fsp3) is 0.292. The predicted octanol–water partition coefficient (Wildman–Crippen LogP) is 4.16. The van der Waals surface area contributed by atoms with E-state index in [1.807, 2.05) is 25.1 Å². The molecule has 7 nitrogen and oxygen atoms in total. The van der Waals surface area contributed by atoms with Gasteiger partial charge >= 0.3 is 0 Å². The van der Waals surface area contributed by atoms with Crippen LogP contribution in [0.4, 0.5) is 20.3 Å². The molecule has 2 aromatic carbocycles. The second-order valence-electron chi connectivity index (χ2n) is 8.07. The Morgan fingerprint density at radius 1 is 1.21 bits per heavy atom. The number of rotatable bonds is 7. The lowest BCUT2D eigenvalue weighted by molar-refractivity contribution is -0.119. The van der Waals surface area contributed by atoms with Gasteiger partial charge < -0.3 is 15.7 Å². The van der Waals surface area contributed by atoms with Gasteiger partial charge in [0.2, 0.25) is 5.91 Å². The molecule has 0 spiro atoms. The average Bonchev–Trinajstić information content (AvgIpc) is 3.18. The number of hydrogen-bond donors (Lipinski definition) is 4. The number of hydrogen-bond acceptors (Lipinski definition) is 6. The molecule has 1 amide bonds. The summed E-state index contributed by atoms with van der Waals surface area (Å²) in [5, 5.41) is 19.9. The molecule has 1 aliphatic carbocycles. The molecule has 4 rings (SSSR count). The van der Waals surface area contributed by atoms with E-state index in [4.69, 9.17) is 0 Å². The highest BCUT2D eigenvalue weighted by Crippen LogP contribution is 2.33. The summed E-state index contributed by atoms with van der Waals surface area (Å²) in [5.41, 5.74) is 2.68. The van der Waals surface area contributed by atoms with E-state index < -0.39 is 30.4 Å². The second kappa shape index (κ2) is 9.21. The van der Waals surface area contributed by atoms with Crippen molar-refractivity contribution in [1.82, 2.24) is 15.3 Å². The van der Waals surface area contributed by atoms with Gasteiger partial charge in [0, 0.05) is 23.1 Å². The first-order valence-electron chi connectivity index (χ1n) is 10.6. The number of benzene rings is 2. The number of carbonyl (C=O) groups excluding carboxylic acids is 1. The van der Waals surface area contributed by atoms with Gasteiger partial charge in [0.15, 0.2) is 0 Å². The minimum absolute atomic E-state index is 0.187. The molecule has 1 aliphatic rings. The first-order valence-corrected chi connectivity index (χ1v) is 10.6. The molecular formula is C24H25F2N5O2. The minimum Gasteiger partial charge on any atom is -0.374 e. The third kappa shape index (κ3) is 4.99. The van der Waals surface area contributed by atoms with Crippen molar-refractivity contribution in [3.05, 3.63) is 72.1 Å². The molecule has 9 heteroatoms. The highest BCUT2D eigenvalue weighted by molar-refractivity contribution is 5.94. The zero-order valence-corrected chi connectivity index (χ0v) is 18.2. The number of allylic oxidation sites excluding steroid dienone is 1. The van der Waals surface area contributed by atoms with Gasteiger partial charge in [0.1, 0.15) is 18.4 Å². The van der Waals surface area contributed by atoms with Crippen LogP contribution in [0.2, 0.25) is 0 Å². The highest BCUT2D eigenvalue weighted by Gasteiger charge is 2.37. The van der Waals surface area contributed by atoms with Gasteiger partial charge in [-0.15, -0.1) is 0 Å². The molecule has 3 aromatic rings. The van der Waals surface area contributed by atoms with Crippen molar-refractivity contribution in [1.29, 1.82) is 0 Å². The molecule has 0 saturated carbocycles. The number of aliphatic hydroxyl groups excluding tert-OH is 1. The lowest BCUT2D eigenvalue weighted by Crippen LogP contribution is -2.23. The van der Waals surface area contributed by atoms with E-state index in [9.17, 15) is 18.7 Å². The largest absolute Gasteiger partial charge is 0.374 e. The molecule has 3 unspecified atom stereocenters. The number of halogens is 2. The Bertz CT molecular complexity index is 1200. The Kier molecular flexibility index (Phi) is 6.35. The van der Waals surface area contributed by atoms with Gasteiger partial charge in [0.05, 0.1) is 17.5 Å². The van der Waals surface area contributed by atoms with Gasteiger partial charge in [-0.1, -0.05) is 30.3 Å². The summed E-state index contributed by atoms with van der Waals surface area (Å²) >= 11 is 0. The molecule has 172 valence electrons. The Labute approximate surface area is 189 Å². The average molecular weight is 453 g/mol. The van der Waals surface area contributed by atoms with E-state index in [1.54, 1.807) is 31.3 Å². The molecule has 4 N–H and O–H groups in total. The van der Waals surface area contributed by atoms with Crippen LogP contribution in [0.1, 0.15) is 36.7 Å². The number of fused-ring (bicyclic) bond motifs is 1.